The Labute approximate surface area is 150 Å². The van der Waals surface area contributed by atoms with Gasteiger partial charge in [0.25, 0.3) is 0 Å². The topological polar surface area (TPSA) is 104 Å². The van der Waals surface area contributed by atoms with Gasteiger partial charge in [-0.25, -0.2) is 15.0 Å². The standard InChI is InChI=1S/C20H16N6/c21-16-7-1-4-13(10-16)18-24-19(14-5-2-8-17(22)11-14)26-20(25-18)15-6-3-9-23-12-15/h1-12H,21-22H2. The van der Waals surface area contributed by atoms with E-state index in [-0.39, 0.29) is 0 Å². The average molecular weight is 340 g/mol. The van der Waals surface area contributed by atoms with Crippen LogP contribution in [0.15, 0.2) is 73.1 Å². The smallest absolute Gasteiger partial charge is 0.165 e. The third kappa shape index (κ3) is 3.21. The quantitative estimate of drug-likeness (QED) is 0.554. The van der Waals surface area contributed by atoms with Crippen molar-refractivity contribution in [2.45, 2.75) is 0 Å². The molecule has 6 heteroatoms. The fourth-order valence-electron chi connectivity index (χ4n) is 2.61. The molecule has 4 N–H and O–H groups in total. The van der Waals surface area contributed by atoms with Gasteiger partial charge in [-0.3, -0.25) is 4.98 Å². The van der Waals surface area contributed by atoms with E-state index in [0.29, 0.717) is 28.8 Å². The maximum atomic E-state index is 5.92. The van der Waals surface area contributed by atoms with Crippen molar-refractivity contribution in [3.05, 3.63) is 73.1 Å². The second-order valence-electron chi connectivity index (χ2n) is 5.80. The first-order chi connectivity index (χ1) is 12.7. The fourth-order valence-corrected chi connectivity index (χ4v) is 2.61. The molecule has 0 atom stereocenters. The molecule has 0 aliphatic carbocycles. The molecule has 0 saturated heterocycles. The Hall–Kier alpha value is -3.80. The van der Waals surface area contributed by atoms with E-state index >= 15 is 0 Å². The zero-order chi connectivity index (χ0) is 17.9. The molecule has 0 fully saturated rings. The summed E-state index contributed by atoms with van der Waals surface area (Å²) in [4.78, 5) is 18.0. The first-order valence-corrected chi connectivity index (χ1v) is 8.07. The van der Waals surface area contributed by atoms with Crippen molar-refractivity contribution in [1.29, 1.82) is 0 Å². The van der Waals surface area contributed by atoms with E-state index in [9.17, 15) is 0 Å². The summed E-state index contributed by atoms with van der Waals surface area (Å²) >= 11 is 0. The second kappa shape index (κ2) is 6.60. The maximum absolute atomic E-state index is 5.92. The average Bonchev–Trinajstić information content (AvgIpc) is 2.68. The van der Waals surface area contributed by atoms with E-state index in [0.717, 1.165) is 16.7 Å². The van der Waals surface area contributed by atoms with Crippen molar-refractivity contribution in [3.8, 4) is 34.2 Å². The number of aromatic nitrogens is 4. The van der Waals surface area contributed by atoms with E-state index < -0.39 is 0 Å². The number of nitrogens with zero attached hydrogens (tertiary/aromatic N) is 4. The number of anilines is 2. The van der Waals surface area contributed by atoms with Gasteiger partial charge in [-0.1, -0.05) is 24.3 Å². The fraction of sp³-hybridized carbons (Fsp3) is 0. The lowest BCUT2D eigenvalue weighted by Gasteiger charge is -2.08. The van der Waals surface area contributed by atoms with Crippen molar-refractivity contribution in [3.63, 3.8) is 0 Å². The number of pyridine rings is 1. The Kier molecular flexibility index (Phi) is 3.99. The number of nitrogens with two attached hydrogens (primary N) is 2. The highest BCUT2D eigenvalue weighted by Gasteiger charge is 2.12. The summed E-state index contributed by atoms with van der Waals surface area (Å²) in [6.45, 7) is 0. The van der Waals surface area contributed by atoms with Gasteiger partial charge in [0.1, 0.15) is 0 Å². The molecule has 0 radical (unpaired) electrons. The van der Waals surface area contributed by atoms with Crippen LogP contribution in [0.3, 0.4) is 0 Å². The molecule has 26 heavy (non-hydrogen) atoms. The molecule has 0 bridgehead atoms. The molecule has 2 aromatic heterocycles. The predicted octanol–water partition coefficient (Wildman–Crippen LogP) is 3.43. The Bertz CT molecular complexity index is 999. The van der Waals surface area contributed by atoms with Crippen LogP contribution in [0.25, 0.3) is 34.2 Å². The molecule has 2 heterocycles. The monoisotopic (exact) mass is 340 g/mol. The zero-order valence-corrected chi connectivity index (χ0v) is 13.9. The Morgan fingerprint density at radius 2 is 1.08 bits per heavy atom. The van der Waals surface area contributed by atoms with Gasteiger partial charge in [-0.15, -0.1) is 0 Å². The highest BCUT2D eigenvalue weighted by molar-refractivity contribution is 5.69. The third-order valence-electron chi connectivity index (χ3n) is 3.84. The van der Waals surface area contributed by atoms with E-state index in [1.807, 2.05) is 60.7 Å². The van der Waals surface area contributed by atoms with E-state index in [1.165, 1.54) is 0 Å². The van der Waals surface area contributed by atoms with Gasteiger partial charge < -0.3 is 11.5 Å². The highest BCUT2D eigenvalue weighted by atomic mass is 15.0. The van der Waals surface area contributed by atoms with Crippen LogP contribution in [-0.2, 0) is 0 Å². The van der Waals surface area contributed by atoms with Crippen molar-refractivity contribution in [2.24, 2.45) is 0 Å². The number of nitrogen functional groups attached to an aromatic ring is 2. The molecule has 4 aromatic rings. The summed E-state index contributed by atoms with van der Waals surface area (Å²) in [5.41, 5.74) is 15.6. The molecule has 4 rings (SSSR count). The van der Waals surface area contributed by atoms with Gasteiger partial charge in [-0.05, 0) is 36.4 Å². The third-order valence-corrected chi connectivity index (χ3v) is 3.84. The number of hydrogen-bond acceptors (Lipinski definition) is 6. The summed E-state index contributed by atoms with van der Waals surface area (Å²) < 4.78 is 0. The first kappa shape index (κ1) is 15.7. The minimum atomic E-state index is 0.544. The van der Waals surface area contributed by atoms with Crippen molar-refractivity contribution in [2.75, 3.05) is 11.5 Å². The minimum absolute atomic E-state index is 0.544. The number of rotatable bonds is 3. The lowest BCUT2D eigenvalue weighted by molar-refractivity contribution is 1.07. The first-order valence-electron chi connectivity index (χ1n) is 8.07. The van der Waals surface area contributed by atoms with Gasteiger partial charge >= 0.3 is 0 Å². The molecule has 126 valence electrons. The van der Waals surface area contributed by atoms with Crippen LogP contribution in [0.4, 0.5) is 11.4 Å². The van der Waals surface area contributed by atoms with E-state index in [4.69, 9.17) is 11.5 Å². The SMILES string of the molecule is Nc1cccc(-c2nc(-c3cccnc3)nc(-c3cccc(N)c3)n2)c1. The molecule has 0 aliphatic rings. The van der Waals surface area contributed by atoms with Crippen LogP contribution in [0.5, 0.6) is 0 Å². The molecular weight excluding hydrogens is 324 g/mol. The second-order valence-corrected chi connectivity index (χ2v) is 5.80. The van der Waals surface area contributed by atoms with Gasteiger partial charge in [0.15, 0.2) is 17.5 Å². The maximum Gasteiger partial charge on any atom is 0.165 e. The van der Waals surface area contributed by atoms with Gasteiger partial charge in [0.05, 0.1) is 0 Å². The minimum Gasteiger partial charge on any atom is -0.399 e. The van der Waals surface area contributed by atoms with Crippen LogP contribution < -0.4 is 11.5 Å². The largest absolute Gasteiger partial charge is 0.399 e. The molecule has 0 aliphatic heterocycles. The van der Waals surface area contributed by atoms with Crippen molar-refractivity contribution >= 4 is 11.4 Å². The van der Waals surface area contributed by atoms with Gasteiger partial charge in [0.2, 0.25) is 0 Å². The highest BCUT2D eigenvalue weighted by Crippen LogP contribution is 2.25. The van der Waals surface area contributed by atoms with E-state index in [2.05, 4.69) is 19.9 Å². The van der Waals surface area contributed by atoms with E-state index in [1.54, 1.807) is 12.4 Å². The predicted molar refractivity (Wildman–Crippen MR) is 103 cm³/mol. The summed E-state index contributed by atoms with van der Waals surface area (Å²) in [5, 5.41) is 0. The lowest BCUT2D eigenvalue weighted by Crippen LogP contribution is -2.01. The zero-order valence-electron chi connectivity index (χ0n) is 13.9. The molecule has 0 unspecified atom stereocenters. The van der Waals surface area contributed by atoms with Crippen LogP contribution in [0, 0.1) is 0 Å². The lowest BCUT2D eigenvalue weighted by atomic mass is 10.1. The summed E-state index contributed by atoms with van der Waals surface area (Å²) in [5.74, 6) is 1.63. The molecule has 0 spiro atoms. The van der Waals surface area contributed by atoms with Crippen LogP contribution >= 0.6 is 0 Å². The Morgan fingerprint density at radius 1 is 0.577 bits per heavy atom. The van der Waals surface area contributed by atoms with Crippen molar-refractivity contribution in [1.82, 2.24) is 19.9 Å². The van der Waals surface area contributed by atoms with Crippen molar-refractivity contribution < 1.29 is 0 Å². The molecular formula is C20H16N6. The summed E-state index contributed by atoms with van der Waals surface area (Å²) in [6.07, 6.45) is 3.43. The Morgan fingerprint density at radius 3 is 1.54 bits per heavy atom. The molecule has 6 nitrogen and oxygen atoms in total. The van der Waals surface area contributed by atoms with Crippen LogP contribution in [0.1, 0.15) is 0 Å². The molecule has 0 saturated carbocycles. The van der Waals surface area contributed by atoms with Gasteiger partial charge in [-0.2, -0.15) is 0 Å². The number of benzene rings is 2. The molecule has 0 amide bonds. The summed E-state index contributed by atoms with van der Waals surface area (Å²) in [6, 6.07) is 18.7. The van der Waals surface area contributed by atoms with Crippen LogP contribution in [0.2, 0.25) is 0 Å². The normalized spacial score (nSPS) is 10.6. The van der Waals surface area contributed by atoms with Gasteiger partial charge in [0, 0.05) is 40.5 Å². The van der Waals surface area contributed by atoms with Crippen LogP contribution in [-0.4, -0.2) is 19.9 Å². The molecule has 2 aromatic carbocycles. The summed E-state index contributed by atoms with van der Waals surface area (Å²) in [7, 11) is 0. The number of hydrogen-bond donors (Lipinski definition) is 2. The Balaban J connectivity index is 1.93.